The van der Waals surface area contributed by atoms with E-state index >= 15 is 0 Å². The maximum Gasteiger partial charge on any atom is 0.355 e. The Labute approximate surface area is 193 Å². The van der Waals surface area contributed by atoms with Crippen LogP contribution in [0.3, 0.4) is 0 Å². The lowest BCUT2D eigenvalue weighted by Gasteiger charge is -2.46. The van der Waals surface area contributed by atoms with E-state index in [1.54, 1.807) is 0 Å². The summed E-state index contributed by atoms with van der Waals surface area (Å²) < 4.78 is 10.2. The third-order valence-electron chi connectivity index (χ3n) is 5.65. The SMILES string of the molecule is COC(=O)C1=C(C(=O)OC)N(c2ccccc2)C(c2ccccc2)N(Cc2ccccc2)C1. The van der Waals surface area contributed by atoms with Crippen molar-refractivity contribution in [2.75, 3.05) is 25.7 Å². The molecule has 0 spiro atoms. The van der Waals surface area contributed by atoms with E-state index in [2.05, 4.69) is 4.90 Å². The fourth-order valence-electron chi connectivity index (χ4n) is 4.20. The summed E-state index contributed by atoms with van der Waals surface area (Å²) in [7, 11) is 2.64. The molecule has 0 aliphatic carbocycles. The monoisotopic (exact) mass is 442 g/mol. The summed E-state index contributed by atoms with van der Waals surface area (Å²) in [5.41, 5.74) is 3.30. The van der Waals surface area contributed by atoms with Gasteiger partial charge >= 0.3 is 11.9 Å². The fraction of sp³-hybridized carbons (Fsp3) is 0.185. The van der Waals surface area contributed by atoms with E-state index in [9.17, 15) is 9.59 Å². The minimum absolute atomic E-state index is 0.189. The molecule has 0 radical (unpaired) electrons. The van der Waals surface area contributed by atoms with Gasteiger partial charge < -0.3 is 14.4 Å². The Balaban J connectivity index is 1.95. The van der Waals surface area contributed by atoms with Crippen LogP contribution < -0.4 is 4.90 Å². The zero-order valence-corrected chi connectivity index (χ0v) is 18.7. The highest BCUT2D eigenvalue weighted by molar-refractivity contribution is 6.03. The summed E-state index contributed by atoms with van der Waals surface area (Å²) in [5, 5.41) is 0. The Kier molecular flexibility index (Phi) is 6.86. The Morgan fingerprint density at radius 1 is 0.788 bits per heavy atom. The van der Waals surface area contributed by atoms with Crippen molar-refractivity contribution in [2.24, 2.45) is 0 Å². The topological polar surface area (TPSA) is 59.1 Å². The van der Waals surface area contributed by atoms with Crippen molar-refractivity contribution in [3.63, 3.8) is 0 Å². The molecule has 0 saturated heterocycles. The molecule has 1 heterocycles. The van der Waals surface area contributed by atoms with Gasteiger partial charge in [0.15, 0.2) is 0 Å². The van der Waals surface area contributed by atoms with Crippen LogP contribution in [0.1, 0.15) is 17.3 Å². The summed E-state index contributed by atoms with van der Waals surface area (Å²) in [6.07, 6.45) is -0.351. The normalized spacial score (nSPS) is 16.4. The predicted molar refractivity (Wildman–Crippen MR) is 126 cm³/mol. The molecule has 1 aliphatic heterocycles. The van der Waals surface area contributed by atoms with Crippen molar-refractivity contribution in [3.8, 4) is 0 Å². The summed E-state index contributed by atoms with van der Waals surface area (Å²) >= 11 is 0. The van der Waals surface area contributed by atoms with Crippen LogP contribution in [0.15, 0.2) is 102 Å². The molecule has 1 unspecified atom stereocenters. The number of hydrogen-bond donors (Lipinski definition) is 0. The van der Waals surface area contributed by atoms with Crippen LogP contribution in [0, 0.1) is 0 Å². The van der Waals surface area contributed by atoms with Crippen LogP contribution in [0.4, 0.5) is 5.69 Å². The van der Waals surface area contributed by atoms with Gasteiger partial charge in [-0.1, -0.05) is 78.9 Å². The number of methoxy groups -OCH3 is 2. The highest BCUT2D eigenvalue weighted by Crippen LogP contribution is 2.40. The molecule has 6 nitrogen and oxygen atoms in total. The van der Waals surface area contributed by atoms with Gasteiger partial charge in [-0.2, -0.15) is 0 Å². The van der Waals surface area contributed by atoms with E-state index in [1.807, 2.05) is 95.9 Å². The second-order valence-corrected chi connectivity index (χ2v) is 7.69. The highest BCUT2D eigenvalue weighted by Gasteiger charge is 2.41. The van der Waals surface area contributed by atoms with E-state index in [0.717, 1.165) is 16.8 Å². The number of anilines is 1. The van der Waals surface area contributed by atoms with Crippen LogP contribution in [0.5, 0.6) is 0 Å². The van der Waals surface area contributed by atoms with E-state index in [4.69, 9.17) is 9.47 Å². The average molecular weight is 443 g/mol. The Bertz CT molecular complexity index is 1130. The number of para-hydroxylation sites is 1. The summed E-state index contributed by atoms with van der Waals surface area (Å²) in [6, 6.07) is 29.5. The summed E-state index contributed by atoms with van der Waals surface area (Å²) in [6.45, 7) is 0.799. The average Bonchev–Trinajstić information content (AvgIpc) is 2.88. The summed E-state index contributed by atoms with van der Waals surface area (Å²) in [4.78, 5) is 30.0. The smallest absolute Gasteiger partial charge is 0.355 e. The van der Waals surface area contributed by atoms with Crippen LogP contribution >= 0.6 is 0 Å². The molecule has 1 aliphatic rings. The highest BCUT2D eigenvalue weighted by atomic mass is 16.5. The van der Waals surface area contributed by atoms with Crippen LogP contribution in [-0.4, -0.2) is 37.6 Å². The van der Waals surface area contributed by atoms with Gasteiger partial charge in [0.05, 0.1) is 19.8 Å². The van der Waals surface area contributed by atoms with E-state index < -0.39 is 11.9 Å². The largest absolute Gasteiger partial charge is 0.466 e. The second kappa shape index (κ2) is 10.1. The molecule has 6 heteroatoms. The molecule has 0 amide bonds. The number of benzene rings is 3. The minimum Gasteiger partial charge on any atom is -0.466 e. The van der Waals surface area contributed by atoms with Gasteiger partial charge in [-0.25, -0.2) is 9.59 Å². The number of rotatable bonds is 6. The lowest BCUT2D eigenvalue weighted by molar-refractivity contribution is -0.140. The van der Waals surface area contributed by atoms with Crippen molar-refractivity contribution in [1.29, 1.82) is 0 Å². The Morgan fingerprint density at radius 2 is 1.33 bits per heavy atom. The number of esters is 2. The number of ether oxygens (including phenoxy) is 2. The molecule has 0 N–H and O–H groups in total. The third-order valence-corrected chi connectivity index (χ3v) is 5.65. The predicted octanol–water partition coefficient (Wildman–Crippen LogP) is 4.31. The lowest BCUT2D eigenvalue weighted by Crippen LogP contribution is -2.50. The molecule has 3 aromatic carbocycles. The van der Waals surface area contributed by atoms with Crippen molar-refractivity contribution < 1.29 is 19.1 Å². The zero-order chi connectivity index (χ0) is 23.2. The maximum absolute atomic E-state index is 13.1. The molecule has 0 aromatic heterocycles. The van der Waals surface area contributed by atoms with Crippen LogP contribution in [0.2, 0.25) is 0 Å². The quantitative estimate of drug-likeness (QED) is 0.531. The Hall–Kier alpha value is -3.90. The standard InChI is InChI=1S/C27H26N2O4/c1-32-26(30)23-19-28(18-20-12-6-3-7-13-20)25(21-14-8-4-9-15-21)29(24(23)27(31)33-2)22-16-10-5-11-17-22/h3-17,25H,18-19H2,1-2H3. The number of hydrogen-bond acceptors (Lipinski definition) is 6. The third kappa shape index (κ3) is 4.66. The maximum atomic E-state index is 13.1. The van der Waals surface area contributed by atoms with Crippen molar-refractivity contribution in [1.82, 2.24) is 4.90 Å². The van der Waals surface area contributed by atoms with Crippen LogP contribution in [0.25, 0.3) is 0 Å². The molecule has 168 valence electrons. The van der Waals surface area contributed by atoms with Gasteiger partial charge in [0, 0.05) is 18.8 Å². The number of carbonyl (C=O) groups is 2. The number of nitrogens with zero attached hydrogens (tertiary/aromatic N) is 2. The van der Waals surface area contributed by atoms with Gasteiger partial charge in [-0.3, -0.25) is 4.90 Å². The molecule has 3 aromatic rings. The Morgan fingerprint density at radius 3 is 1.91 bits per heavy atom. The van der Waals surface area contributed by atoms with E-state index in [0.29, 0.717) is 6.54 Å². The first kappa shape index (κ1) is 22.3. The van der Waals surface area contributed by atoms with Crippen LogP contribution in [-0.2, 0) is 25.6 Å². The van der Waals surface area contributed by atoms with Gasteiger partial charge in [0.2, 0.25) is 0 Å². The molecular formula is C27H26N2O4. The zero-order valence-electron chi connectivity index (χ0n) is 18.7. The molecule has 0 fully saturated rings. The van der Waals surface area contributed by atoms with Gasteiger partial charge in [-0.05, 0) is 23.3 Å². The molecular weight excluding hydrogens is 416 g/mol. The van der Waals surface area contributed by atoms with Gasteiger partial charge in [0.25, 0.3) is 0 Å². The molecule has 0 saturated carbocycles. The van der Waals surface area contributed by atoms with Crippen molar-refractivity contribution in [2.45, 2.75) is 12.7 Å². The second-order valence-electron chi connectivity index (χ2n) is 7.69. The lowest BCUT2D eigenvalue weighted by atomic mass is 9.99. The first-order valence-corrected chi connectivity index (χ1v) is 10.7. The number of carbonyl (C=O) groups excluding carboxylic acids is 2. The van der Waals surface area contributed by atoms with E-state index in [-0.39, 0.29) is 24.0 Å². The molecule has 0 bridgehead atoms. The van der Waals surface area contributed by atoms with Crippen molar-refractivity contribution in [3.05, 3.63) is 113 Å². The first-order chi connectivity index (χ1) is 16.1. The van der Waals surface area contributed by atoms with Crippen molar-refractivity contribution >= 4 is 17.6 Å². The molecule has 1 atom stereocenters. The van der Waals surface area contributed by atoms with Gasteiger partial charge in [0.1, 0.15) is 11.9 Å². The fourth-order valence-corrected chi connectivity index (χ4v) is 4.20. The first-order valence-electron chi connectivity index (χ1n) is 10.7. The van der Waals surface area contributed by atoms with Gasteiger partial charge in [-0.15, -0.1) is 0 Å². The molecule has 4 rings (SSSR count). The minimum atomic E-state index is -0.584. The summed E-state index contributed by atoms with van der Waals surface area (Å²) in [5.74, 6) is -1.14. The molecule has 33 heavy (non-hydrogen) atoms. The van der Waals surface area contributed by atoms with E-state index in [1.165, 1.54) is 14.2 Å².